The van der Waals surface area contributed by atoms with Crippen LogP contribution in [-0.2, 0) is 0 Å². The van der Waals surface area contributed by atoms with Gasteiger partial charge >= 0.3 is 0 Å². The second kappa shape index (κ2) is 6.36. The normalized spacial score (nSPS) is 13.8. The van der Waals surface area contributed by atoms with Gasteiger partial charge in [0.2, 0.25) is 0 Å². The Hall–Kier alpha value is -1.12. The largest absolute Gasteiger partial charge is 0.293 e. The third kappa shape index (κ3) is 3.46. The van der Waals surface area contributed by atoms with Crippen LogP contribution in [0.3, 0.4) is 0 Å². The molecule has 0 N–H and O–H groups in total. The zero-order chi connectivity index (χ0) is 13.8. The molecule has 2 rings (SSSR count). The Kier molecular flexibility index (Phi) is 4.78. The molecular weight excluding hydrogens is 324 g/mol. The van der Waals surface area contributed by atoms with Crippen molar-refractivity contribution in [2.45, 2.75) is 17.1 Å². The standard InChI is InChI=1S/C16H14BrClO/c1-11-7-9-13(10-8-11)16(19)14(17)15(18)12-5-3-2-4-6-12/h2-10,14-15H,1H3/t14-,15-/m1/s1. The molecule has 2 atom stereocenters. The SMILES string of the molecule is Cc1ccc(C(=O)[C@H](Br)[C@H](Cl)c2ccccc2)cc1. The van der Waals surface area contributed by atoms with E-state index in [9.17, 15) is 4.79 Å². The van der Waals surface area contributed by atoms with Crippen LogP contribution in [0.1, 0.15) is 26.9 Å². The van der Waals surface area contributed by atoms with E-state index in [4.69, 9.17) is 11.6 Å². The molecule has 19 heavy (non-hydrogen) atoms. The number of carbonyl (C=O) groups is 1. The van der Waals surface area contributed by atoms with Crippen LogP contribution in [0.15, 0.2) is 54.6 Å². The summed E-state index contributed by atoms with van der Waals surface area (Å²) in [5.74, 6) is 0.00357. The van der Waals surface area contributed by atoms with Crippen molar-refractivity contribution >= 4 is 33.3 Å². The van der Waals surface area contributed by atoms with Crippen LogP contribution in [0.4, 0.5) is 0 Å². The van der Waals surface area contributed by atoms with Gasteiger partial charge in [-0.15, -0.1) is 11.6 Å². The lowest BCUT2D eigenvalue weighted by atomic mass is 10.0. The minimum Gasteiger partial charge on any atom is -0.293 e. The summed E-state index contributed by atoms with van der Waals surface area (Å²) in [7, 11) is 0. The first kappa shape index (κ1) is 14.3. The van der Waals surface area contributed by atoms with E-state index in [-0.39, 0.29) is 11.2 Å². The van der Waals surface area contributed by atoms with E-state index in [0.717, 1.165) is 11.1 Å². The van der Waals surface area contributed by atoms with Gasteiger partial charge < -0.3 is 0 Å². The molecule has 0 aliphatic heterocycles. The van der Waals surface area contributed by atoms with Crippen molar-refractivity contribution in [1.29, 1.82) is 0 Å². The van der Waals surface area contributed by atoms with Crippen molar-refractivity contribution < 1.29 is 4.79 Å². The summed E-state index contributed by atoms with van der Waals surface area (Å²) >= 11 is 9.78. The maximum atomic E-state index is 12.3. The lowest BCUT2D eigenvalue weighted by Gasteiger charge is -2.16. The van der Waals surface area contributed by atoms with E-state index < -0.39 is 4.83 Å². The number of carbonyl (C=O) groups excluding carboxylic acids is 1. The van der Waals surface area contributed by atoms with Gasteiger partial charge in [-0.2, -0.15) is 0 Å². The topological polar surface area (TPSA) is 17.1 Å². The number of hydrogen-bond donors (Lipinski definition) is 0. The fraction of sp³-hybridized carbons (Fsp3) is 0.188. The zero-order valence-corrected chi connectivity index (χ0v) is 12.9. The Morgan fingerprint density at radius 1 is 1.05 bits per heavy atom. The molecule has 0 aromatic heterocycles. The van der Waals surface area contributed by atoms with Crippen molar-refractivity contribution in [3.8, 4) is 0 Å². The minimum atomic E-state index is -0.431. The third-order valence-corrected chi connectivity index (χ3v) is 4.71. The molecule has 0 spiro atoms. The molecule has 0 saturated heterocycles. The lowest BCUT2D eigenvalue weighted by Crippen LogP contribution is -2.19. The van der Waals surface area contributed by atoms with Crippen LogP contribution in [0.2, 0.25) is 0 Å². The molecule has 0 fully saturated rings. The predicted molar refractivity (Wildman–Crippen MR) is 83.3 cm³/mol. The molecule has 3 heteroatoms. The number of rotatable bonds is 4. The quantitative estimate of drug-likeness (QED) is 0.571. The molecule has 0 radical (unpaired) electrons. The maximum Gasteiger partial charge on any atom is 0.178 e. The van der Waals surface area contributed by atoms with Gasteiger partial charge in [0.25, 0.3) is 0 Å². The van der Waals surface area contributed by atoms with Gasteiger partial charge in [-0.3, -0.25) is 4.79 Å². The molecule has 98 valence electrons. The average Bonchev–Trinajstić information content (AvgIpc) is 2.46. The van der Waals surface area contributed by atoms with Gasteiger partial charge in [-0.1, -0.05) is 76.1 Å². The Morgan fingerprint density at radius 3 is 2.21 bits per heavy atom. The van der Waals surface area contributed by atoms with Crippen LogP contribution in [0, 0.1) is 6.92 Å². The predicted octanol–water partition coefficient (Wildman–Crippen LogP) is 4.92. The number of benzene rings is 2. The summed E-state index contributed by atoms with van der Waals surface area (Å²) in [4.78, 5) is 11.9. The van der Waals surface area contributed by atoms with Crippen LogP contribution in [-0.4, -0.2) is 10.6 Å². The molecule has 0 saturated carbocycles. The number of hydrogen-bond acceptors (Lipinski definition) is 1. The summed E-state index contributed by atoms with van der Waals surface area (Å²) in [6, 6.07) is 17.1. The van der Waals surface area contributed by atoms with Crippen molar-refractivity contribution in [2.24, 2.45) is 0 Å². The number of aryl methyl sites for hydroxylation is 1. The van der Waals surface area contributed by atoms with Crippen molar-refractivity contribution in [1.82, 2.24) is 0 Å². The zero-order valence-electron chi connectivity index (χ0n) is 10.5. The highest BCUT2D eigenvalue weighted by molar-refractivity contribution is 9.10. The van der Waals surface area contributed by atoms with E-state index in [2.05, 4.69) is 15.9 Å². The molecular formula is C16H14BrClO. The van der Waals surface area contributed by atoms with Gasteiger partial charge in [-0.25, -0.2) is 0 Å². The second-order valence-corrected chi connectivity index (χ2v) is 5.90. The fourth-order valence-electron chi connectivity index (χ4n) is 1.82. The van der Waals surface area contributed by atoms with Crippen molar-refractivity contribution in [3.05, 3.63) is 71.3 Å². The molecule has 0 bridgehead atoms. The smallest absolute Gasteiger partial charge is 0.178 e. The highest BCUT2D eigenvalue weighted by Gasteiger charge is 2.26. The summed E-state index contributed by atoms with van der Waals surface area (Å²) in [5, 5.41) is -0.380. The highest BCUT2D eigenvalue weighted by Crippen LogP contribution is 2.31. The van der Waals surface area contributed by atoms with Crippen LogP contribution in [0.25, 0.3) is 0 Å². The van der Waals surface area contributed by atoms with Gasteiger partial charge in [-0.05, 0) is 12.5 Å². The van der Waals surface area contributed by atoms with E-state index in [1.54, 1.807) is 0 Å². The van der Waals surface area contributed by atoms with Gasteiger partial charge in [0.05, 0.1) is 10.2 Å². The van der Waals surface area contributed by atoms with E-state index >= 15 is 0 Å². The Balaban J connectivity index is 2.17. The summed E-state index contributed by atoms with van der Waals surface area (Å²) in [5.41, 5.74) is 2.74. The molecule has 0 aliphatic rings. The van der Waals surface area contributed by atoms with Gasteiger partial charge in [0.15, 0.2) is 5.78 Å². The summed E-state index contributed by atoms with van der Waals surface area (Å²) < 4.78 is 0. The second-order valence-electron chi connectivity index (χ2n) is 4.44. The number of ketones is 1. The monoisotopic (exact) mass is 336 g/mol. The molecule has 0 aliphatic carbocycles. The first-order valence-electron chi connectivity index (χ1n) is 6.03. The first-order chi connectivity index (χ1) is 9.09. The van der Waals surface area contributed by atoms with E-state index in [1.807, 2.05) is 61.5 Å². The third-order valence-electron chi connectivity index (χ3n) is 2.96. The van der Waals surface area contributed by atoms with Gasteiger partial charge in [0.1, 0.15) is 0 Å². The molecule has 0 heterocycles. The van der Waals surface area contributed by atoms with Crippen molar-refractivity contribution in [3.63, 3.8) is 0 Å². The molecule has 2 aromatic rings. The van der Waals surface area contributed by atoms with Crippen molar-refractivity contribution in [2.75, 3.05) is 0 Å². The van der Waals surface area contributed by atoms with Crippen LogP contribution < -0.4 is 0 Å². The minimum absolute atomic E-state index is 0.00357. The fourth-order valence-corrected chi connectivity index (χ4v) is 2.65. The number of alkyl halides is 2. The highest BCUT2D eigenvalue weighted by atomic mass is 79.9. The van der Waals surface area contributed by atoms with E-state index in [0.29, 0.717) is 5.56 Å². The summed E-state index contributed by atoms with van der Waals surface area (Å²) in [6.45, 7) is 1.99. The number of Topliss-reactive ketones (excluding diaryl/α,β-unsaturated/α-hetero) is 1. The Labute approximate surface area is 126 Å². The van der Waals surface area contributed by atoms with Crippen LogP contribution in [0.5, 0.6) is 0 Å². The molecule has 2 aromatic carbocycles. The van der Waals surface area contributed by atoms with E-state index in [1.165, 1.54) is 0 Å². The lowest BCUT2D eigenvalue weighted by molar-refractivity contribution is 0.0990. The number of halogens is 2. The average molecular weight is 338 g/mol. The first-order valence-corrected chi connectivity index (χ1v) is 7.39. The summed E-state index contributed by atoms with van der Waals surface area (Å²) in [6.07, 6.45) is 0. The maximum absolute atomic E-state index is 12.3. The Bertz CT molecular complexity index is 551. The molecule has 0 amide bonds. The van der Waals surface area contributed by atoms with Crippen LogP contribution >= 0.6 is 27.5 Å². The molecule has 0 unspecified atom stereocenters. The molecule has 1 nitrogen and oxygen atoms in total. The van der Waals surface area contributed by atoms with Gasteiger partial charge in [0, 0.05) is 5.56 Å². The Morgan fingerprint density at radius 2 is 1.63 bits per heavy atom.